The molecule has 0 radical (unpaired) electrons. The summed E-state index contributed by atoms with van der Waals surface area (Å²) >= 11 is 0. The van der Waals surface area contributed by atoms with Crippen LogP contribution in [0.25, 0.3) is 0 Å². The number of carbonyl (C=O) groups is 3. The minimum Gasteiger partial charge on any atom is -0.462 e. The number of hydrogen-bond donors (Lipinski definition) is 0. The third-order valence-corrected chi connectivity index (χ3v) is 14.5. The standard InChI is InChI=1S/C62H120O6/c1-7-58(6)50-44-38-31-27-23-19-15-10-8-9-11-17-21-25-29-33-41-47-53-62(65)68-59(55-67-61(64)52-46-40-35-34-37-43-49-57(4)5)54-66-60(63)51-45-39-32-28-24-20-16-13-12-14-18-22-26-30-36-42-48-56(2)3/h56-59H,7-55H2,1-6H3/t58?,59-/m1/s1. The average molecular weight is 962 g/mol. The Labute approximate surface area is 425 Å². The molecule has 0 amide bonds. The van der Waals surface area contributed by atoms with Gasteiger partial charge < -0.3 is 14.2 Å². The lowest BCUT2D eigenvalue weighted by molar-refractivity contribution is -0.167. The summed E-state index contributed by atoms with van der Waals surface area (Å²) < 4.78 is 16.9. The molecule has 2 atom stereocenters. The lowest BCUT2D eigenvalue weighted by Crippen LogP contribution is -2.30. The highest BCUT2D eigenvalue weighted by Gasteiger charge is 2.19. The van der Waals surface area contributed by atoms with Crippen molar-refractivity contribution >= 4 is 17.9 Å². The Kier molecular flexibility index (Phi) is 52.0. The van der Waals surface area contributed by atoms with Crippen molar-refractivity contribution in [2.24, 2.45) is 17.8 Å². The number of ether oxygens (including phenoxy) is 3. The Hall–Kier alpha value is -1.59. The van der Waals surface area contributed by atoms with Crippen LogP contribution in [0.5, 0.6) is 0 Å². The van der Waals surface area contributed by atoms with Crippen LogP contribution < -0.4 is 0 Å². The van der Waals surface area contributed by atoms with Crippen molar-refractivity contribution in [3.8, 4) is 0 Å². The summed E-state index contributed by atoms with van der Waals surface area (Å²) in [6, 6.07) is 0. The molecule has 0 aliphatic heterocycles. The Balaban J connectivity index is 4.18. The summed E-state index contributed by atoms with van der Waals surface area (Å²) in [4.78, 5) is 38.1. The summed E-state index contributed by atoms with van der Waals surface area (Å²) in [5, 5.41) is 0. The minimum absolute atomic E-state index is 0.0640. The summed E-state index contributed by atoms with van der Waals surface area (Å²) in [7, 11) is 0. The van der Waals surface area contributed by atoms with Crippen molar-refractivity contribution in [3.05, 3.63) is 0 Å². The first kappa shape index (κ1) is 66.4. The molecule has 68 heavy (non-hydrogen) atoms. The topological polar surface area (TPSA) is 78.9 Å². The summed E-state index contributed by atoms with van der Waals surface area (Å²) in [6.45, 7) is 13.8. The molecular formula is C62H120O6. The number of unbranched alkanes of at least 4 members (excludes halogenated alkanes) is 37. The van der Waals surface area contributed by atoms with E-state index in [4.69, 9.17) is 14.2 Å². The first-order chi connectivity index (χ1) is 33.1. The second-order valence-electron chi connectivity index (χ2n) is 22.5. The number of esters is 3. The van der Waals surface area contributed by atoms with E-state index in [0.717, 1.165) is 75.5 Å². The highest BCUT2D eigenvalue weighted by Crippen LogP contribution is 2.19. The van der Waals surface area contributed by atoms with E-state index >= 15 is 0 Å². The SMILES string of the molecule is CCC(C)CCCCCCCCCCCCCCCCCCCCC(=O)O[C@H](COC(=O)CCCCCCCCCCCCCCCCCCC(C)C)COC(=O)CCCCCCCCC(C)C. The maximum Gasteiger partial charge on any atom is 0.306 e. The predicted octanol–water partition coefficient (Wildman–Crippen LogP) is 20.3. The first-order valence-electron chi connectivity index (χ1n) is 30.6. The maximum atomic E-state index is 12.9. The number of carbonyl (C=O) groups excluding carboxylic acids is 3. The molecule has 0 fully saturated rings. The lowest BCUT2D eigenvalue weighted by atomic mass is 9.99. The summed E-state index contributed by atoms with van der Waals surface area (Å²) in [5.74, 6) is 1.68. The molecule has 0 aromatic rings. The molecule has 0 saturated heterocycles. The molecule has 6 heteroatoms. The Morgan fingerprint density at radius 1 is 0.294 bits per heavy atom. The van der Waals surface area contributed by atoms with Gasteiger partial charge in [-0.3, -0.25) is 14.4 Å². The van der Waals surface area contributed by atoms with Crippen LogP contribution in [0.1, 0.15) is 343 Å². The van der Waals surface area contributed by atoms with Crippen LogP contribution in [-0.2, 0) is 28.6 Å². The van der Waals surface area contributed by atoms with E-state index in [0.29, 0.717) is 19.3 Å². The third kappa shape index (κ3) is 53.8. The van der Waals surface area contributed by atoms with Gasteiger partial charge in [0.25, 0.3) is 0 Å². The number of hydrogen-bond acceptors (Lipinski definition) is 6. The highest BCUT2D eigenvalue weighted by molar-refractivity contribution is 5.71. The van der Waals surface area contributed by atoms with Crippen LogP contribution >= 0.6 is 0 Å². The van der Waals surface area contributed by atoms with Gasteiger partial charge in [0.2, 0.25) is 0 Å². The molecular weight excluding hydrogens is 841 g/mol. The zero-order chi connectivity index (χ0) is 49.8. The average Bonchev–Trinajstić information content (AvgIpc) is 3.31. The molecule has 0 saturated carbocycles. The molecule has 6 nitrogen and oxygen atoms in total. The van der Waals surface area contributed by atoms with Gasteiger partial charge in [-0.25, -0.2) is 0 Å². The molecule has 0 N–H and O–H groups in total. The van der Waals surface area contributed by atoms with Gasteiger partial charge in [0, 0.05) is 19.3 Å². The van der Waals surface area contributed by atoms with Crippen molar-refractivity contribution < 1.29 is 28.6 Å². The molecule has 0 bridgehead atoms. The van der Waals surface area contributed by atoms with Gasteiger partial charge in [0.1, 0.15) is 13.2 Å². The zero-order valence-corrected chi connectivity index (χ0v) is 46.9. The fourth-order valence-electron chi connectivity index (χ4n) is 9.50. The minimum atomic E-state index is -0.764. The highest BCUT2D eigenvalue weighted by atomic mass is 16.6. The molecule has 404 valence electrons. The van der Waals surface area contributed by atoms with E-state index in [1.54, 1.807) is 0 Å². The summed E-state index contributed by atoms with van der Waals surface area (Å²) in [6.07, 6.45) is 56.9. The fourth-order valence-corrected chi connectivity index (χ4v) is 9.50. The normalized spacial score (nSPS) is 12.5. The van der Waals surface area contributed by atoms with Gasteiger partial charge in [0.15, 0.2) is 6.10 Å². The van der Waals surface area contributed by atoms with Gasteiger partial charge in [-0.2, -0.15) is 0 Å². The van der Waals surface area contributed by atoms with Gasteiger partial charge in [-0.1, -0.05) is 305 Å². The third-order valence-electron chi connectivity index (χ3n) is 14.5. The van der Waals surface area contributed by atoms with E-state index in [1.807, 2.05) is 0 Å². The molecule has 0 aromatic carbocycles. The Morgan fingerprint density at radius 2 is 0.515 bits per heavy atom. The molecule has 0 rings (SSSR count). The van der Waals surface area contributed by atoms with Crippen molar-refractivity contribution in [2.45, 2.75) is 349 Å². The van der Waals surface area contributed by atoms with Gasteiger partial charge in [-0.05, 0) is 37.0 Å². The molecule has 0 aromatic heterocycles. The largest absolute Gasteiger partial charge is 0.462 e. The lowest BCUT2D eigenvalue weighted by Gasteiger charge is -2.18. The van der Waals surface area contributed by atoms with Gasteiger partial charge >= 0.3 is 17.9 Å². The quantitative estimate of drug-likeness (QED) is 0.0343. The van der Waals surface area contributed by atoms with Gasteiger partial charge in [0.05, 0.1) is 0 Å². The van der Waals surface area contributed by atoms with Gasteiger partial charge in [-0.15, -0.1) is 0 Å². The predicted molar refractivity (Wildman–Crippen MR) is 293 cm³/mol. The molecule has 0 heterocycles. The van der Waals surface area contributed by atoms with E-state index in [-0.39, 0.29) is 31.1 Å². The first-order valence-corrected chi connectivity index (χ1v) is 30.6. The van der Waals surface area contributed by atoms with E-state index in [1.165, 1.54) is 225 Å². The fraction of sp³-hybridized carbons (Fsp3) is 0.952. The van der Waals surface area contributed by atoms with Crippen molar-refractivity contribution in [1.29, 1.82) is 0 Å². The zero-order valence-electron chi connectivity index (χ0n) is 46.9. The Morgan fingerprint density at radius 3 is 0.765 bits per heavy atom. The Bertz CT molecular complexity index is 1060. The van der Waals surface area contributed by atoms with E-state index in [2.05, 4.69) is 41.5 Å². The number of rotatable bonds is 55. The molecule has 0 spiro atoms. The van der Waals surface area contributed by atoms with E-state index in [9.17, 15) is 14.4 Å². The van der Waals surface area contributed by atoms with Crippen LogP contribution in [0.15, 0.2) is 0 Å². The van der Waals surface area contributed by atoms with Crippen LogP contribution in [0.4, 0.5) is 0 Å². The van der Waals surface area contributed by atoms with Crippen LogP contribution in [-0.4, -0.2) is 37.2 Å². The smallest absolute Gasteiger partial charge is 0.306 e. The van der Waals surface area contributed by atoms with Crippen LogP contribution in [0.2, 0.25) is 0 Å². The van der Waals surface area contributed by atoms with Crippen LogP contribution in [0, 0.1) is 17.8 Å². The molecule has 0 aliphatic carbocycles. The maximum absolute atomic E-state index is 12.9. The van der Waals surface area contributed by atoms with Crippen molar-refractivity contribution in [2.75, 3.05) is 13.2 Å². The van der Waals surface area contributed by atoms with Crippen molar-refractivity contribution in [1.82, 2.24) is 0 Å². The van der Waals surface area contributed by atoms with Crippen molar-refractivity contribution in [3.63, 3.8) is 0 Å². The molecule has 0 aliphatic rings. The second-order valence-corrected chi connectivity index (χ2v) is 22.5. The monoisotopic (exact) mass is 961 g/mol. The van der Waals surface area contributed by atoms with Crippen LogP contribution in [0.3, 0.4) is 0 Å². The summed E-state index contributed by atoms with van der Waals surface area (Å²) in [5.41, 5.74) is 0. The molecule has 1 unspecified atom stereocenters. The second kappa shape index (κ2) is 53.2. The van der Waals surface area contributed by atoms with E-state index < -0.39 is 6.10 Å².